The predicted molar refractivity (Wildman–Crippen MR) is 112 cm³/mol. The number of thiophene rings is 1. The molecule has 2 amide bonds. The number of aromatic nitrogens is 1. The lowest BCUT2D eigenvalue weighted by atomic mass is 10.1. The number of ketones is 1. The summed E-state index contributed by atoms with van der Waals surface area (Å²) >= 11 is 1.56. The van der Waals surface area contributed by atoms with Crippen molar-refractivity contribution in [2.45, 2.75) is 25.6 Å². The Balaban J connectivity index is 1.34. The Bertz CT molecular complexity index is 1080. The first kappa shape index (κ1) is 20.9. The lowest BCUT2D eigenvalue weighted by Crippen LogP contribution is -2.45. The zero-order valence-corrected chi connectivity index (χ0v) is 17.4. The average molecular weight is 441 g/mol. The minimum absolute atomic E-state index is 0.00286. The van der Waals surface area contributed by atoms with E-state index in [1.807, 2.05) is 29.0 Å². The van der Waals surface area contributed by atoms with E-state index in [0.29, 0.717) is 18.5 Å². The number of alkyl halides is 1. The highest BCUT2D eigenvalue weighted by Gasteiger charge is 2.31. The molecule has 0 spiro atoms. The molecule has 31 heavy (non-hydrogen) atoms. The molecule has 1 unspecified atom stereocenters. The fourth-order valence-corrected chi connectivity index (χ4v) is 3.91. The standard InChI is InChI=1S/C22H20FN3O4S/c23-17-11-26(7-5-19(17)27)22(29)18-12-30-21(25-18)16-3-1-14(2-4-16)10-24-20(28)9-15-6-8-31-13-15/h1-4,6,8,12-13,17H,5,7,9-11H2,(H,24,28). The zero-order valence-electron chi connectivity index (χ0n) is 16.5. The van der Waals surface area contributed by atoms with E-state index >= 15 is 0 Å². The van der Waals surface area contributed by atoms with Crippen LogP contribution in [0.5, 0.6) is 0 Å². The molecule has 2 aromatic heterocycles. The van der Waals surface area contributed by atoms with Gasteiger partial charge in [-0.3, -0.25) is 14.4 Å². The molecule has 1 fully saturated rings. The van der Waals surface area contributed by atoms with Gasteiger partial charge in [0.25, 0.3) is 5.91 Å². The van der Waals surface area contributed by atoms with E-state index in [1.165, 1.54) is 11.2 Å². The van der Waals surface area contributed by atoms with Gasteiger partial charge in [-0.25, -0.2) is 9.37 Å². The number of amides is 2. The summed E-state index contributed by atoms with van der Waals surface area (Å²) in [6.07, 6.45) is -0.0615. The Morgan fingerprint density at radius 2 is 2.03 bits per heavy atom. The molecule has 160 valence electrons. The fourth-order valence-electron chi connectivity index (χ4n) is 3.25. The third kappa shape index (κ3) is 5.05. The number of Topliss-reactive ketones (excluding diaryl/α,β-unsaturated/α-hetero) is 1. The molecule has 4 rings (SSSR count). The minimum atomic E-state index is -1.65. The largest absolute Gasteiger partial charge is 0.444 e. The van der Waals surface area contributed by atoms with E-state index in [4.69, 9.17) is 4.42 Å². The number of carbonyl (C=O) groups excluding carboxylic acids is 3. The molecule has 0 bridgehead atoms. The monoisotopic (exact) mass is 441 g/mol. The smallest absolute Gasteiger partial charge is 0.275 e. The van der Waals surface area contributed by atoms with Crippen LogP contribution in [0.3, 0.4) is 0 Å². The molecule has 1 aliphatic heterocycles. The van der Waals surface area contributed by atoms with Gasteiger partial charge in [0.05, 0.1) is 13.0 Å². The number of oxazole rings is 1. The van der Waals surface area contributed by atoms with Crippen molar-refractivity contribution in [1.29, 1.82) is 0 Å². The van der Waals surface area contributed by atoms with E-state index in [9.17, 15) is 18.8 Å². The quantitative estimate of drug-likeness (QED) is 0.635. The summed E-state index contributed by atoms with van der Waals surface area (Å²) in [6, 6.07) is 9.19. The zero-order chi connectivity index (χ0) is 21.8. The van der Waals surface area contributed by atoms with Crippen LogP contribution in [-0.2, 0) is 22.6 Å². The van der Waals surface area contributed by atoms with Crippen molar-refractivity contribution in [3.63, 3.8) is 0 Å². The van der Waals surface area contributed by atoms with E-state index in [0.717, 1.165) is 11.1 Å². The summed E-state index contributed by atoms with van der Waals surface area (Å²) in [7, 11) is 0. The van der Waals surface area contributed by atoms with Crippen molar-refractivity contribution in [3.05, 3.63) is 64.2 Å². The van der Waals surface area contributed by atoms with Crippen molar-refractivity contribution in [3.8, 4) is 11.5 Å². The molecule has 7 nitrogen and oxygen atoms in total. The number of piperidine rings is 1. The molecule has 0 aliphatic carbocycles. The second-order valence-corrected chi connectivity index (χ2v) is 8.03. The molecular formula is C22H20FN3O4S. The van der Waals surface area contributed by atoms with Gasteiger partial charge in [-0.1, -0.05) is 12.1 Å². The van der Waals surface area contributed by atoms with Gasteiger partial charge in [-0.2, -0.15) is 11.3 Å². The maximum absolute atomic E-state index is 13.6. The van der Waals surface area contributed by atoms with Crippen LogP contribution in [0, 0.1) is 0 Å². The van der Waals surface area contributed by atoms with Crippen molar-refractivity contribution < 1.29 is 23.2 Å². The SMILES string of the molecule is O=C(Cc1ccsc1)NCc1ccc(-c2nc(C(=O)N3CCC(=O)C(F)C3)co2)cc1. The topological polar surface area (TPSA) is 92.5 Å². The summed E-state index contributed by atoms with van der Waals surface area (Å²) in [5.74, 6) is -0.725. The maximum atomic E-state index is 13.6. The van der Waals surface area contributed by atoms with Crippen LogP contribution in [0.25, 0.3) is 11.5 Å². The van der Waals surface area contributed by atoms with Crippen LogP contribution >= 0.6 is 11.3 Å². The van der Waals surface area contributed by atoms with Crippen LogP contribution in [0.15, 0.2) is 51.8 Å². The third-order valence-corrected chi connectivity index (χ3v) is 5.74. The van der Waals surface area contributed by atoms with E-state index < -0.39 is 17.9 Å². The number of hydrogen-bond acceptors (Lipinski definition) is 6. The Kier molecular flexibility index (Phi) is 6.22. The summed E-state index contributed by atoms with van der Waals surface area (Å²) < 4.78 is 19.0. The van der Waals surface area contributed by atoms with Gasteiger partial charge in [0.1, 0.15) is 6.26 Å². The normalized spacial score (nSPS) is 16.4. The van der Waals surface area contributed by atoms with Gasteiger partial charge < -0.3 is 14.6 Å². The summed E-state index contributed by atoms with van der Waals surface area (Å²) in [5, 5.41) is 6.77. The van der Waals surface area contributed by atoms with Gasteiger partial charge in [0.2, 0.25) is 11.8 Å². The number of nitrogens with one attached hydrogen (secondary N) is 1. The van der Waals surface area contributed by atoms with Crippen molar-refractivity contribution in [2.75, 3.05) is 13.1 Å². The molecule has 1 saturated heterocycles. The summed E-state index contributed by atoms with van der Waals surface area (Å²) in [6.45, 7) is 0.316. The van der Waals surface area contributed by atoms with Gasteiger partial charge in [0, 0.05) is 25.1 Å². The molecule has 3 heterocycles. The molecule has 9 heteroatoms. The van der Waals surface area contributed by atoms with Crippen LogP contribution in [0.1, 0.15) is 28.0 Å². The highest BCUT2D eigenvalue weighted by atomic mass is 32.1. The highest BCUT2D eigenvalue weighted by Crippen LogP contribution is 2.21. The second kappa shape index (κ2) is 9.22. The van der Waals surface area contributed by atoms with Crippen LogP contribution in [-0.4, -0.2) is 46.7 Å². The number of hydrogen-bond donors (Lipinski definition) is 1. The number of nitrogens with zero attached hydrogens (tertiary/aromatic N) is 2. The third-order valence-electron chi connectivity index (χ3n) is 5.00. The average Bonchev–Trinajstić information content (AvgIpc) is 3.46. The molecule has 1 N–H and O–H groups in total. The number of rotatable bonds is 6. The Hall–Kier alpha value is -3.33. The first-order valence-corrected chi connectivity index (χ1v) is 10.7. The van der Waals surface area contributed by atoms with E-state index in [1.54, 1.807) is 23.5 Å². The Labute approximate surface area is 181 Å². The Morgan fingerprint density at radius 1 is 1.23 bits per heavy atom. The van der Waals surface area contributed by atoms with Crippen LogP contribution in [0.2, 0.25) is 0 Å². The molecule has 1 atom stereocenters. The molecular weight excluding hydrogens is 421 g/mol. The van der Waals surface area contributed by atoms with Crippen LogP contribution < -0.4 is 5.32 Å². The summed E-state index contributed by atoms with van der Waals surface area (Å²) in [5.41, 5.74) is 2.65. The second-order valence-electron chi connectivity index (χ2n) is 7.25. The van der Waals surface area contributed by atoms with E-state index in [-0.39, 0.29) is 37.0 Å². The van der Waals surface area contributed by atoms with Crippen molar-refractivity contribution in [1.82, 2.24) is 15.2 Å². The number of carbonyl (C=O) groups is 3. The highest BCUT2D eigenvalue weighted by molar-refractivity contribution is 7.08. The van der Waals surface area contributed by atoms with Gasteiger partial charge in [-0.15, -0.1) is 0 Å². The maximum Gasteiger partial charge on any atom is 0.275 e. The first-order chi connectivity index (χ1) is 15.0. The Morgan fingerprint density at radius 3 is 2.74 bits per heavy atom. The molecule has 0 radical (unpaired) electrons. The lowest BCUT2D eigenvalue weighted by molar-refractivity contribution is -0.126. The minimum Gasteiger partial charge on any atom is -0.444 e. The van der Waals surface area contributed by atoms with Gasteiger partial charge in [-0.05, 0) is 40.1 Å². The van der Waals surface area contributed by atoms with Gasteiger partial charge >= 0.3 is 0 Å². The lowest BCUT2D eigenvalue weighted by Gasteiger charge is -2.27. The van der Waals surface area contributed by atoms with Crippen molar-refractivity contribution >= 4 is 28.9 Å². The number of likely N-dealkylation sites (tertiary alicyclic amines) is 1. The molecule has 0 saturated carbocycles. The molecule has 1 aromatic carbocycles. The predicted octanol–water partition coefficient (Wildman–Crippen LogP) is 3.02. The van der Waals surface area contributed by atoms with Crippen molar-refractivity contribution in [2.24, 2.45) is 0 Å². The number of benzene rings is 1. The van der Waals surface area contributed by atoms with Crippen LogP contribution in [0.4, 0.5) is 4.39 Å². The molecule has 1 aliphatic rings. The first-order valence-electron chi connectivity index (χ1n) is 9.78. The summed E-state index contributed by atoms with van der Waals surface area (Å²) in [4.78, 5) is 41.3. The van der Waals surface area contributed by atoms with E-state index in [2.05, 4.69) is 10.3 Å². The molecule has 3 aromatic rings. The number of halogens is 1. The fraction of sp³-hybridized carbons (Fsp3) is 0.273. The van der Waals surface area contributed by atoms with Gasteiger partial charge in [0.15, 0.2) is 17.6 Å².